The van der Waals surface area contributed by atoms with Gasteiger partial charge in [-0.1, -0.05) is 58.0 Å². The molecular formula is C34H33FN2O4. The van der Waals surface area contributed by atoms with Gasteiger partial charge in [0.05, 0.1) is 5.56 Å². The van der Waals surface area contributed by atoms with E-state index in [1.54, 1.807) is 12.1 Å². The summed E-state index contributed by atoms with van der Waals surface area (Å²) in [5.74, 6) is 0.665. The van der Waals surface area contributed by atoms with Crippen molar-refractivity contribution in [2.75, 3.05) is 0 Å². The van der Waals surface area contributed by atoms with Crippen LogP contribution in [0.3, 0.4) is 0 Å². The Morgan fingerprint density at radius 1 is 0.976 bits per heavy atom. The molecule has 0 saturated heterocycles. The first-order chi connectivity index (χ1) is 19.6. The quantitative estimate of drug-likeness (QED) is 0.161. The molecule has 2 heterocycles. The molecule has 0 fully saturated rings. The molecule has 0 aliphatic heterocycles. The summed E-state index contributed by atoms with van der Waals surface area (Å²) < 4.78 is 24.9. The molecule has 0 aliphatic carbocycles. The maximum Gasteiger partial charge on any atom is 0.213 e. The van der Waals surface area contributed by atoms with Crippen LogP contribution in [0.1, 0.15) is 91.9 Å². The highest BCUT2D eigenvalue weighted by Gasteiger charge is 2.29. The van der Waals surface area contributed by atoms with Gasteiger partial charge in [0.2, 0.25) is 6.39 Å². The summed E-state index contributed by atoms with van der Waals surface area (Å²) in [6, 6.07) is 17.6. The molecule has 3 aromatic carbocycles. The zero-order valence-corrected chi connectivity index (χ0v) is 24.0. The molecule has 0 N–H and O–H groups in total. The molecule has 0 aliphatic rings. The van der Waals surface area contributed by atoms with Gasteiger partial charge in [0, 0.05) is 34.8 Å². The number of Topliss-reactive ketones (excluding diaryl/α,β-unsaturated/α-hetero) is 2. The monoisotopic (exact) mass is 552 g/mol. The number of carbonyl (C=O) groups excluding carboxylic acids is 2. The Morgan fingerprint density at radius 3 is 2.39 bits per heavy atom. The second-order valence-electron chi connectivity index (χ2n) is 11.2. The average molecular weight is 553 g/mol. The van der Waals surface area contributed by atoms with Gasteiger partial charge in [-0.3, -0.25) is 9.59 Å². The predicted octanol–water partition coefficient (Wildman–Crippen LogP) is 8.95. The summed E-state index contributed by atoms with van der Waals surface area (Å²) in [6.45, 7) is 9.91. The van der Waals surface area contributed by atoms with Crippen LogP contribution in [0.15, 0.2) is 76.0 Å². The Bertz CT molecular complexity index is 1720. The van der Waals surface area contributed by atoms with E-state index in [4.69, 9.17) is 8.94 Å². The molecular weight excluding hydrogens is 519 g/mol. The van der Waals surface area contributed by atoms with Crippen molar-refractivity contribution >= 4 is 22.5 Å². The lowest BCUT2D eigenvalue weighted by atomic mass is 9.83. The highest BCUT2D eigenvalue weighted by Crippen LogP contribution is 2.41. The highest BCUT2D eigenvalue weighted by molar-refractivity contribution is 6.13. The fourth-order valence-electron chi connectivity index (χ4n) is 5.21. The van der Waals surface area contributed by atoms with E-state index < -0.39 is 5.41 Å². The first kappa shape index (κ1) is 28.1. The number of hydrogen-bond donors (Lipinski definition) is 0. The molecule has 0 radical (unpaired) electrons. The van der Waals surface area contributed by atoms with Crippen molar-refractivity contribution in [1.82, 2.24) is 10.1 Å². The molecule has 1 atom stereocenters. The number of halogens is 1. The van der Waals surface area contributed by atoms with Gasteiger partial charge in [0.1, 0.15) is 17.2 Å². The molecule has 0 spiro atoms. The third kappa shape index (κ3) is 5.49. The lowest BCUT2D eigenvalue weighted by Gasteiger charge is -2.20. The molecule has 0 unspecified atom stereocenters. The van der Waals surface area contributed by atoms with Crippen molar-refractivity contribution in [3.63, 3.8) is 0 Å². The number of hydrogen-bond acceptors (Lipinski definition) is 6. The largest absolute Gasteiger partial charge is 0.455 e. The summed E-state index contributed by atoms with van der Waals surface area (Å²) in [5.41, 5.74) is 4.60. The number of nitrogens with zero attached hydrogens (tertiary/aromatic N) is 2. The molecule has 2 aromatic heterocycles. The molecule has 0 saturated carbocycles. The van der Waals surface area contributed by atoms with Crippen LogP contribution >= 0.6 is 0 Å². The van der Waals surface area contributed by atoms with Crippen LogP contribution in [-0.2, 0) is 5.41 Å². The van der Waals surface area contributed by atoms with Crippen molar-refractivity contribution in [2.45, 2.75) is 65.2 Å². The Balaban J connectivity index is 1.64. The van der Waals surface area contributed by atoms with Crippen molar-refractivity contribution in [2.24, 2.45) is 0 Å². The minimum absolute atomic E-state index is 0.0309. The van der Waals surface area contributed by atoms with Crippen molar-refractivity contribution in [1.29, 1.82) is 0 Å². The van der Waals surface area contributed by atoms with Crippen molar-refractivity contribution in [3.05, 3.63) is 95.4 Å². The van der Waals surface area contributed by atoms with E-state index >= 15 is 0 Å². The molecule has 0 amide bonds. The summed E-state index contributed by atoms with van der Waals surface area (Å²) in [7, 11) is 0. The first-order valence-corrected chi connectivity index (χ1v) is 13.9. The highest BCUT2D eigenvalue weighted by atomic mass is 19.1. The second-order valence-corrected chi connectivity index (χ2v) is 11.2. The van der Waals surface area contributed by atoms with E-state index in [0.29, 0.717) is 45.7 Å². The normalized spacial score (nSPS) is 12.5. The van der Waals surface area contributed by atoms with E-state index in [1.165, 1.54) is 18.5 Å². The SMILES string of the molecule is CCC(=O)c1c(-c2ccc(F)cc2)oc2cc([C@@H](C)CC)c(-c3cccc(C(=O)CC(C)(C)c4ncon4)c3)cc12. The van der Waals surface area contributed by atoms with E-state index in [-0.39, 0.29) is 29.7 Å². The minimum Gasteiger partial charge on any atom is -0.455 e. The third-order valence-corrected chi connectivity index (χ3v) is 7.77. The first-order valence-electron chi connectivity index (χ1n) is 13.9. The summed E-state index contributed by atoms with van der Waals surface area (Å²) in [5, 5.41) is 4.64. The number of ketones is 2. The molecule has 41 heavy (non-hydrogen) atoms. The number of furan rings is 1. The Labute approximate surface area is 238 Å². The lowest BCUT2D eigenvalue weighted by Crippen LogP contribution is -2.23. The van der Waals surface area contributed by atoms with Gasteiger partial charge >= 0.3 is 0 Å². The Morgan fingerprint density at radius 2 is 1.73 bits per heavy atom. The van der Waals surface area contributed by atoms with E-state index in [2.05, 4.69) is 24.0 Å². The van der Waals surface area contributed by atoms with Gasteiger partial charge in [0.15, 0.2) is 17.4 Å². The van der Waals surface area contributed by atoms with Gasteiger partial charge in [-0.2, -0.15) is 4.98 Å². The maximum atomic E-state index is 13.7. The topological polar surface area (TPSA) is 86.2 Å². The smallest absolute Gasteiger partial charge is 0.213 e. The number of rotatable bonds is 10. The number of aromatic nitrogens is 2. The predicted molar refractivity (Wildman–Crippen MR) is 157 cm³/mol. The zero-order valence-electron chi connectivity index (χ0n) is 24.0. The van der Waals surface area contributed by atoms with Gasteiger partial charge in [0.25, 0.3) is 0 Å². The maximum absolute atomic E-state index is 13.7. The average Bonchev–Trinajstić information content (AvgIpc) is 3.65. The second kappa shape index (κ2) is 11.2. The van der Waals surface area contributed by atoms with Crippen LogP contribution in [-0.4, -0.2) is 21.7 Å². The standard InChI is InChI=1S/C34H33FN2O4/c1-6-20(3)25-17-30-27(31(28(38)7-2)32(41-30)21-11-13-24(35)14-12-21)16-26(25)22-9-8-10-23(15-22)29(39)18-34(4,5)33-36-19-40-37-33/h8-17,19-20H,6-7,18H2,1-5H3/t20-/m0/s1. The summed E-state index contributed by atoms with van der Waals surface area (Å²) in [4.78, 5) is 30.8. The van der Waals surface area contributed by atoms with Crippen LogP contribution in [0.25, 0.3) is 33.4 Å². The van der Waals surface area contributed by atoms with E-state index in [9.17, 15) is 14.0 Å². The van der Waals surface area contributed by atoms with Crippen molar-refractivity contribution < 1.29 is 22.9 Å². The molecule has 0 bridgehead atoms. The van der Waals surface area contributed by atoms with Crippen LogP contribution < -0.4 is 0 Å². The molecule has 5 aromatic rings. The summed E-state index contributed by atoms with van der Waals surface area (Å²) >= 11 is 0. The van der Waals surface area contributed by atoms with Crippen LogP contribution in [0.2, 0.25) is 0 Å². The van der Waals surface area contributed by atoms with Crippen LogP contribution in [0, 0.1) is 5.82 Å². The fourth-order valence-corrected chi connectivity index (χ4v) is 5.21. The van der Waals surface area contributed by atoms with Gasteiger partial charge in [-0.05, 0) is 71.5 Å². The Hall–Kier alpha value is -4.39. The molecule has 210 valence electrons. The van der Waals surface area contributed by atoms with E-state index in [1.807, 2.05) is 57.2 Å². The third-order valence-electron chi connectivity index (χ3n) is 7.77. The molecule has 5 rings (SSSR count). The zero-order chi connectivity index (χ0) is 29.3. The van der Waals surface area contributed by atoms with Crippen molar-refractivity contribution in [3.8, 4) is 22.5 Å². The van der Waals surface area contributed by atoms with Gasteiger partial charge in [-0.15, -0.1) is 0 Å². The molecule has 7 heteroatoms. The number of carbonyl (C=O) groups is 2. The number of benzene rings is 3. The van der Waals surface area contributed by atoms with Gasteiger partial charge < -0.3 is 8.94 Å². The lowest BCUT2D eigenvalue weighted by molar-refractivity contribution is 0.0953. The van der Waals surface area contributed by atoms with E-state index in [0.717, 1.165) is 23.1 Å². The van der Waals surface area contributed by atoms with Crippen LogP contribution in [0.4, 0.5) is 4.39 Å². The van der Waals surface area contributed by atoms with Gasteiger partial charge in [-0.25, -0.2) is 4.39 Å². The minimum atomic E-state index is -0.593. The Kier molecular flexibility index (Phi) is 7.72. The van der Waals surface area contributed by atoms with Crippen LogP contribution in [0.5, 0.6) is 0 Å². The molecule has 6 nitrogen and oxygen atoms in total. The number of fused-ring (bicyclic) bond motifs is 1. The summed E-state index contributed by atoms with van der Waals surface area (Å²) in [6.07, 6.45) is 2.67. The fraction of sp³-hybridized carbons (Fsp3) is 0.294.